The van der Waals surface area contributed by atoms with E-state index in [0.29, 0.717) is 12.1 Å². The van der Waals surface area contributed by atoms with E-state index < -0.39 is 29.7 Å². The molecule has 2 rings (SSSR count). The lowest BCUT2D eigenvalue weighted by molar-refractivity contribution is -0.143. The van der Waals surface area contributed by atoms with Crippen molar-refractivity contribution in [3.63, 3.8) is 0 Å². The number of likely N-dealkylation sites (tertiary alicyclic amines) is 1. The highest BCUT2D eigenvalue weighted by Gasteiger charge is 2.44. The van der Waals surface area contributed by atoms with Gasteiger partial charge < -0.3 is 10.0 Å². The molecule has 0 spiro atoms. The molecule has 1 N–H and O–H groups in total. The number of alkyl halides is 3. The smallest absolute Gasteiger partial charge is 0.416 e. The van der Waals surface area contributed by atoms with Crippen molar-refractivity contribution in [2.24, 2.45) is 5.92 Å². The van der Waals surface area contributed by atoms with E-state index in [1.807, 2.05) is 0 Å². The second-order valence-corrected chi connectivity index (χ2v) is 4.89. The number of hydrogen-bond acceptors (Lipinski definition) is 2. The maximum Gasteiger partial charge on any atom is 0.416 e. The number of amides is 1. The highest BCUT2D eigenvalue weighted by atomic mass is 19.4. The molecule has 0 radical (unpaired) electrons. The summed E-state index contributed by atoms with van der Waals surface area (Å²) in [4.78, 5) is 24.5. The predicted octanol–water partition coefficient (Wildman–Crippen LogP) is 2.70. The van der Waals surface area contributed by atoms with Crippen LogP contribution in [0.15, 0.2) is 24.3 Å². The Hall–Kier alpha value is -2.05. The van der Waals surface area contributed by atoms with Gasteiger partial charge in [0.05, 0.1) is 17.5 Å². The number of hydrogen-bond donors (Lipinski definition) is 1. The number of carbonyl (C=O) groups excluding carboxylic acids is 1. The third-order valence-electron chi connectivity index (χ3n) is 3.67. The molecule has 0 bridgehead atoms. The summed E-state index contributed by atoms with van der Waals surface area (Å²) in [6.07, 6.45) is -4.57. The Kier molecular flexibility index (Phi) is 3.93. The number of benzene rings is 1. The lowest BCUT2D eigenvalue weighted by atomic mass is 9.93. The molecule has 1 aromatic rings. The summed E-state index contributed by atoms with van der Waals surface area (Å²) in [5.41, 5.74) is -0.395. The summed E-state index contributed by atoms with van der Waals surface area (Å²) >= 11 is 0. The van der Waals surface area contributed by atoms with E-state index in [0.717, 1.165) is 12.1 Å². The van der Waals surface area contributed by atoms with Crippen LogP contribution >= 0.6 is 0 Å². The quantitative estimate of drug-likeness (QED) is 0.934. The molecule has 21 heavy (non-hydrogen) atoms. The van der Waals surface area contributed by atoms with Gasteiger partial charge in [0, 0.05) is 13.0 Å². The largest absolute Gasteiger partial charge is 0.481 e. The summed E-state index contributed by atoms with van der Waals surface area (Å²) < 4.78 is 37.6. The first-order chi connectivity index (χ1) is 9.75. The van der Waals surface area contributed by atoms with Gasteiger partial charge in [-0.2, -0.15) is 13.2 Å². The number of carboxylic acid groups (broad SMARTS) is 1. The molecule has 1 aliphatic heterocycles. The minimum Gasteiger partial charge on any atom is -0.481 e. The Labute approximate surface area is 119 Å². The molecule has 0 aliphatic carbocycles. The van der Waals surface area contributed by atoms with Crippen molar-refractivity contribution in [2.45, 2.75) is 25.6 Å². The monoisotopic (exact) mass is 301 g/mol. The van der Waals surface area contributed by atoms with Crippen molar-refractivity contribution in [3.8, 4) is 0 Å². The molecule has 1 aromatic carbocycles. The van der Waals surface area contributed by atoms with Crippen LogP contribution in [0.2, 0.25) is 0 Å². The third kappa shape index (κ3) is 2.86. The van der Waals surface area contributed by atoms with Gasteiger partial charge in [-0.25, -0.2) is 0 Å². The molecule has 1 amide bonds. The van der Waals surface area contributed by atoms with Gasteiger partial charge in [0.25, 0.3) is 0 Å². The van der Waals surface area contributed by atoms with Crippen LogP contribution < -0.4 is 0 Å². The van der Waals surface area contributed by atoms with Gasteiger partial charge in [0.2, 0.25) is 5.91 Å². The summed E-state index contributed by atoms with van der Waals surface area (Å²) in [6.45, 7) is 2.02. The van der Waals surface area contributed by atoms with Crippen LogP contribution in [0, 0.1) is 5.92 Å². The van der Waals surface area contributed by atoms with Crippen molar-refractivity contribution in [1.82, 2.24) is 4.90 Å². The average Bonchev–Trinajstić information content (AvgIpc) is 2.75. The summed E-state index contributed by atoms with van der Waals surface area (Å²) in [5, 5.41) is 9.20. The van der Waals surface area contributed by atoms with E-state index in [4.69, 9.17) is 0 Å². The Morgan fingerprint density at radius 2 is 1.90 bits per heavy atom. The van der Waals surface area contributed by atoms with Crippen LogP contribution in [0.1, 0.15) is 30.5 Å². The molecule has 4 nitrogen and oxygen atoms in total. The van der Waals surface area contributed by atoms with Gasteiger partial charge in [0.15, 0.2) is 0 Å². The van der Waals surface area contributed by atoms with Crippen molar-refractivity contribution in [1.29, 1.82) is 0 Å². The third-order valence-corrected chi connectivity index (χ3v) is 3.67. The number of nitrogens with zero attached hydrogens (tertiary/aromatic N) is 1. The fourth-order valence-corrected chi connectivity index (χ4v) is 2.67. The van der Waals surface area contributed by atoms with Gasteiger partial charge in [0.1, 0.15) is 0 Å². The molecule has 1 aliphatic rings. The molecule has 1 heterocycles. The van der Waals surface area contributed by atoms with E-state index in [2.05, 4.69) is 0 Å². The Morgan fingerprint density at radius 1 is 1.33 bits per heavy atom. The molecular formula is C14H14F3NO3. The molecule has 2 unspecified atom stereocenters. The van der Waals surface area contributed by atoms with Gasteiger partial charge in [-0.1, -0.05) is 12.1 Å². The second-order valence-electron chi connectivity index (χ2n) is 4.89. The Bertz CT molecular complexity index is 554. The highest BCUT2D eigenvalue weighted by molar-refractivity contribution is 5.87. The topological polar surface area (TPSA) is 57.6 Å². The number of carboxylic acids is 1. The molecule has 1 fully saturated rings. The van der Waals surface area contributed by atoms with E-state index in [1.165, 1.54) is 17.0 Å². The van der Waals surface area contributed by atoms with E-state index >= 15 is 0 Å². The van der Waals surface area contributed by atoms with Crippen LogP contribution in [-0.2, 0) is 15.8 Å². The molecular weight excluding hydrogens is 287 g/mol. The zero-order chi connectivity index (χ0) is 15.8. The lowest BCUT2D eigenvalue weighted by Gasteiger charge is -2.26. The van der Waals surface area contributed by atoms with Gasteiger partial charge in [-0.05, 0) is 24.6 Å². The fourth-order valence-electron chi connectivity index (χ4n) is 2.67. The van der Waals surface area contributed by atoms with E-state index in [9.17, 15) is 27.9 Å². The van der Waals surface area contributed by atoms with Crippen molar-refractivity contribution >= 4 is 11.9 Å². The molecule has 7 heteroatoms. The predicted molar refractivity (Wildman–Crippen MR) is 67.3 cm³/mol. The van der Waals surface area contributed by atoms with Crippen molar-refractivity contribution in [2.75, 3.05) is 6.54 Å². The molecule has 2 atom stereocenters. The van der Waals surface area contributed by atoms with Crippen molar-refractivity contribution < 1.29 is 27.9 Å². The van der Waals surface area contributed by atoms with Gasteiger partial charge in [-0.3, -0.25) is 9.59 Å². The molecule has 0 saturated carbocycles. The first-order valence-corrected chi connectivity index (χ1v) is 6.45. The fraction of sp³-hybridized carbons (Fsp3) is 0.429. The zero-order valence-corrected chi connectivity index (χ0v) is 11.2. The van der Waals surface area contributed by atoms with E-state index in [-0.39, 0.29) is 12.3 Å². The minimum atomic E-state index is -4.44. The zero-order valence-electron chi connectivity index (χ0n) is 11.2. The van der Waals surface area contributed by atoms with Crippen LogP contribution in [0.3, 0.4) is 0 Å². The highest BCUT2D eigenvalue weighted by Crippen LogP contribution is 2.39. The second kappa shape index (κ2) is 5.38. The SMILES string of the molecule is CCN1C(=O)CC(C(=O)O)C1c1ccc(C(F)(F)F)cc1. The lowest BCUT2D eigenvalue weighted by Crippen LogP contribution is -2.30. The van der Waals surface area contributed by atoms with Gasteiger partial charge >= 0.3 is 12.1 Å². The van der Waals surface area contributed by atoms with Gasteiger partial charge in [-0.15, -0.1) is 0 Å². The maximum atomic E-state index is 12.5. The Balaban J connectivity index is 2.37. The van der Waals surface area contributed by atoms with E-state index in [1.54, 1.807) is 6.92 Å². The molecule has 114 valence electrons. The first kappa shape index (κ1) is 15.3. The van der Waals surface area contributed by atoms with Crippen LogP contribution in [-0.4, -0.2) is 28.4 Å². The number of rotatable bonds is 3. The molecule has 0 aromatic heterocycles. The molecule has 1 saturated heterocycles. The number of halogens is 3. The number of carbonyl (C=O) groups is 2. The Morgan fingerprint density at radius 3 is 2.33 bits per heavy atom. The maximum absolute atomic E-state index is 12.5. The van der Waals surface area contributed by atoms with Crippen LogP contribution in [0.25, 0.3) is 0 Å². The summed E-state index contributed by atoms with van der Waals surface area (Å²) in [6, 6.07) is 3.58. The summed E-state index contributed by atoms with van der Waals surface area (Å²) in [5.74, 6) is -2.35. The first-order valence-electron chi connectivity index (χ1n) is 6.45. The minimum absolute atomic E-state index is 0.130. The average molecular weight is 301 g/mol. The normalized spacial score (nSPS) is 22.7. The van der Waals surface area contributed by atoms with Crippen molar-refractivity contribution in [3.05, 3.63) is 35.4 Å². The number of aliphatic carboxylic acids is 1. The standard InChI is InChI=1S/C14H14F3NO3/c1-2-18-11(19)7-10(13(20)21)12(18)8-3-5-9(6-4-8)14(15,16)17/h3-6,10,12H,2,7H2,1H3,(H,20,21). The van der Waals surface area contributed by atoms with Crippen LogP contribution in [0.5, 0.6) is 0 Å². The van der Waals surface area contributed by atoms with Crippen LogP contribution in [0.4, 0.5) is 13.2 Å². The summed E-state index contributed by atoms with van der Waals surface area (Å²) in [7, 11) is 0.